The Balaban J connectivity index is 1.79. The number of thiophene rings is 1. The topological polar surface area (TPSA) is 84.0 Å². The van der Waals surface area contributed by atoms with Gasteiger partial charge in [-0.3, -0.25) is 14.2 Å². The molecule has 2 N–H and O–H groups in total. The first-order valence-electron chi connectivity index (χ1n) is 7.42. The van der Waals surface area contributed by atoms with Gasteiger partial charge < -0.3 is 10.3 Å². The average molecular weight is 467 g/mol. The Labute approximate surface area is 160 Å². The van der Waals surface area contributed by atoms with E-state index in [0.29, 0.717) is 6.54 Å². The highest BCUT2D eigenvalue weighted by Crippen LogP contribution is 2.09. The molecule has 2 heterocycles. The monoisotopic (exact) mass is 467 g/mol. The Hall–Kier alpha value is -2.20. The Bertz CT molecular complexity index is 991. The van der Waals surface area contributed by atoms with Gasteiger partial charge in [0.25, 0.3) is 11.5 Å². The summed E-state index contributed by atoms with van der Waals surface area (Å²) < 4.78 is 2.14. The molecule has 0 saturated heterocycles. The van der Waals surface area contributed by atoms with Crippen LogP contribution in [0, 0.1) is 3.57 Å². The maximum Gasteiger partial charge on any atom is 0.328 e. The van der Waals surface area contributed by atoms with Crippen LogP contribution in [-0.2, 0) is 13.1 Å². The van der Waals surface area contributed by atoms with Gasteiger partial charge in [-0.05, 0) is 51.7 Å². The number of carbonyl (C=O) groups excluding carboxylic acids is 1. The molecule has 0 unspecified atom stereocenters. The minimum absolute atomic E-state index is 0.0818. The second-order valence-corrected chi connectivity index (χ2v) is 7.57. The fraction of sp³-hybridized carbons (Fsp3) is 0.118. The number of amides is 1. The zero-order valence-corrected chi connectivity index (χ0v) is 16.0. The molecule has 0 aliphatic rings. The van der Waals surface area contributed by atoms with Gasteiger partial charge in [-0.1, -0.05) is 18.2 Å². The number of nitrogens with zero attached hydrogens (tertiary/aromatic N) is 1. The highest BCUT2D eigenvalue weighted by Gasteiger charge is 2.15. The van der Waals surface area contributed by atoms with Crippen molar-refractivity contribution in [2.75, 3.05) is 0 Å². The van der Waals surface area contributed by atoms with Gasteiger partial charge in [0.15, 0.2) is 0 Å². The van der Waals surface area contributed by atoms with Gasteiger partial charge in [0.05, 0.1) is 6.54 Å². The maximum atomic E-state index is 12.5. The van der Waals surface area contributed by atoms with E-state index in [1.165, 1.54) is 17.5 Å². The summed E-state index contributed by atoms with van der Waals surface area (Å²) in [5, 5.41) is 4.57. The average Bonchev–Trinajstić information content (AvgIpc) is 3.11. The Morgan fingerprint density at radius 2 is 1.96 bits per heavy atom. The summed E-state index contributed by atoms with van der Waals surface area (Å²) in [6.45, 7) is 0.448. The number of aromatic amines is 1. The Kier molecular flexibility index (Phi) is 5.49. The van der Waals surface area contributed by atoms with Gasteiger partial charge in [-0.2, -0.15) is 0 Å². The first-order valence-corrected chi connectivity index (χ1v) is 9.38. The van der Waals surface area contributed by atoms with Crippen LogP contribution in [0.25, 0.3) is 0 Å². The molecule has 0 aliphatic heterocycles. The number of halogens is 1. The lowest BCUT2D eigenvalue weighted by Crippen LogP contribution is -2.40. The van der Waals surface area contributed by atoms with Crippen molar-refractivity contribution in [1.29, 1.82) is 0 Å². The van der Waals surface area contributed by atoms with Crippen molar-refractivity contribution in [3.63, 3.8) is 0 Å². The third kappa shape index (κ3) is 4.26. The molecule has 25 heavy (non-hydrogen) atoms. The van der Waals surface area contributed by atoms with E-state index < -0.39 is 17.2 Å². The van der Waals surface area contributed by atoms with Crippen molar-refractivity contribution in [2.24, 2.45) is 0 Å². The molecular formula is C17H14IN3O3S. The standard InChI is InChI=1S/C17H14IN3O3S/c18-12-5-3-11(4-6-12)8-19-15(22)14-9-20-17(24)21(16(14)23)10-13-2-1-7-25-13/h1-7,9H,8,10H2,(H,19,22)(H,20,24). The Morgan fingerprint density at radius 1 is 1.20 bits per heavy atom. The summed E-state index contributed by atoms with van der Waals surface area (Å²) in [5.41, 5.74) is -0.288. The molecule has 0 saturated carbocycles. The number of carbonyl (C=O) groups is 1. The number of nitrogens with one attached hydrogen (secondary N) is 2. The molecule has 3 aromatic rings. The lowest BCUT2D eigenvalue weighted by Gasteiger charge is -2.07. The lowest BCUT2D eigenvalue weighted by atomic mass is 10.2. The minimum Gasteiger partial charge on any atom is -0.348 e. The predicted molar refractivity (Wildman–Crippen MR) is 105 cm³/mol. The molecule has 128 valence electrons. The maximum absolute atomic E-state index is 12.5. The molecule has 0 fully saturated rings. The fourth-order valence-corrected chi connectivity index (χ4v) is 3.31. The molecule has 3 rings (SSSR count). The second-order valence-electron chi connectivity index (χ2n) is 5.29. The van der Waals surface area contributed by atoms with E-state index >= 15 is 0 Å². The van der Waals surface area contributed by atoms with Crippen LogP contribution in [0.1, 0.15) is 20.8 Å². The summed E-state index contributed by atoms with van der Waals surface area (Å²) in [4.78, 5) is 40.1. The second kappa shape index (κ2) is 7.79. The van der Waals surface area contributed by atoms with Crippen LogP contribution in [0.2, 0.25) is 0 Å². The SMILES string of the molecule is O=C(NCc1ccc(I)cc1)c1c[nH]c(=O)n(Cc2cccs2)c1=O. The minimum atomic E-state index is -0.600. The highest BCUT2D eigenvalue weighted by molar-refractivity contribution is 14.1. The van der Waals surface area contributed by atoms with E-state index in [9.17, 15) is 14.4 Å². The molecule has 0 atom stereocenters. The van der Waals surface area contributed by atoms with Gasteiger partial charge in [0, 0.05) is 21.2 Å². The van der Waals surface area contributed by atoms with Crippen LogP contribution in [0.15, 0.2) is 57.6 Å². The number of benzene rings is 1. The molecule has 6 nitrogen and oxygen atoms in total. The van der Waals surface area contributed by atoms with Crippen LogP contribution >= 0.6 is 33.9 Å². The summed E-state index contributed by atoms with van der Waals surface area (Å²) in [6.07, 6.45) is 1.17. The molecule has 0 spiro atoms. The van der Waals surface area contributed by atoms with Crippen LogP contribution in [0.3, 0.4) is 0 Å². The Morgan fingerprint density at radius 3 is 2.64 bits per heavy atom. The van der Waals surface area contributed by atoms with E-state index in [0.717, 1.165) is 18.6 Å². The molecule has 1 aromatic carbocycles. The van der Waals surface area contributed by atoms with Gasteiger partial charge in [0.1, 0.15) is 5.56 Å². The van der Waals surface area contributed by atoms with Crippen molar-refractivity contribution in [1.82, 2.24) is 14.9 Å². The summed E-state index contributed by atoms with van der Waals surface area (Å²) >= 11 is 3.65. The molecule has 0 aliphatic carbocycles. The summed E-state index contributed by atoms with van der Waals surface area (Å²) in [5.74, 6) is -0.514. The third-order valence-corrected chi connectivity index (χ3v) is 5.15. The van der Waals surface area contributed by atoms with E-state index in [2.05, 4.69) is 32.9 Å². The normalized spacial score (nSPS) is 10.6. The lowest BCUT2D eigenvalue weighted by molar-refractivity contribution is 0.0948. The molecule has 2 aromatic heterocycles. The largest absolute Gasteiger partial charge is 0.348 e. The summed E-state index contributed by atoms with van der Waals surface area (Å²) in [7, 11) is 0. The smallest absolute Gasteiger partial charge is 0.328 e. The number of rotatable bonds is 5. The molecule has 1 amide bonds. The predicted octanol–water partition coefficient (Wildman–Crippen LogP) is 2.18. The van der Waals surface area contributed by atoms with Crippen LogP contribution in [0.4, 0.5) is 0 Å². The molecular weight excluding hydrogens is 453 g/mol. The molecule has 0 bridgehead atoms. The molecule has 0 radical (unpaired) electrons. The number of hydrogen-bond acceptors (Lipinski definition) is 4. The van der Waals surface area contributed by atoms with Gasteiger partial charge in [-0.25, -0.2) is 4.79 Å². The van der Waals surface area contributed by atoms with Crippen LogP contribution < -0.4 is 16.6 Å². The van der Waals surface area contributed by atoms with E-state index in [-0.39, 0.29) is 12.1 Å². The molecule has 8 heteroatoms. The van der Waals surface area contributed by atoms with Crippen molar-refractivity contribution in [2.45, 2.75) is 13.1 Å². The van der Waals surface area contributed by atoms with E-state index in [4.69, 9.17) is 0 Å². The van der Waals surface area contributed by atoms with E-state index in [1.807, 2.05) is 41.8 Å². The van der Waals surface area contributed by atoms with Crippen molar-refractivity contribution >= 4 is 39.8 Å². The first-order chi connectivity index (χ1) is 12.0. The number of hydrogen-bond donors (Lipinski definition) is 2. The summed E-state index contributed by atoms with van der Waals surface area (Å²) in [6, 6.07) is 11.4. The van der Waals surface area contributed by atoms with Crippen LogP contribution in [0.5, 0.6) is 0 Å². The van der Waals surface area contributed by atoms with Gasteiger partial charge in [-0.15, -0.1) is 11.3 Å². The highest BCUT2D eigenvalue weighted by atomic mass is 127. The zero-order valence-electron chi connectivity index (χ0n) is 13.0. The van der Waals surface area contributed by atoms with Crippen molar-refractivity contribution in [3.8, 4) is 0 Å². The number of H-pyrrole nitrogens is 1. The van der Waals surface area contributed by atoms with Crippen LogP contribution in [-0.4, -0.2) is 15.5 Å². The van der Waals surface area contributed by atoms with Crippen molar-refractivity contribution in [3.05, 3.63) is 88.4 Å². The zero-order chi connectivity index (χ0) is 17.8. The first kappa shape index (κ1) is 17.6. The quantitative estimate of drug-likeness (QED) is 0.565. The number of aromatic nitrogens is 2. The van der Waals surface area contributed by atoms with Gasteiger partial charge >= 0.3 is 5.69 Å². The van der Waals surface area contributed by atoms with Crippen molar-refractivity contribution < 1.29 is 4.79 Å². The van der Waals surface area contributed by atoms with Gasteiger partial charge in [0.2, 0.25) is 0 Å². The third-order valence-electron chi connectivity index (χ3n) is 3.57. The van der Waals surface area contributed by atoms with E-state index in [1.54, 1.807) is 0 Å². The fourth-order valence-electron chi connectivity index (χ4n) is 2.26.